The molecule has 11 heteroatoms. The molecule has 0 atom stereocenters. The van der Waals surface area contributed by atoms with E-state index in [4.69, 9.17) is 0 Å². The van der Waals surface area contributed by atoms with Crippen LogP contribution < -0.4 is 30.6 Å². The maximum atomic E-state index is 11.4. The van der Waals surface area contributed by atoms with Gasteiger partial charge < -0.3 is 30.6 Å². The van der Waals surface area contributed by atoms with E-state index in [0.29, 0.717) is 16.6 Å². The minimum atomic E-state index is 0. The fraction of sp³-hybridized carbons (Fsp3) is 0.211. The first-order chi connectivity index (χ1) is 31.1. The summed E-state index contributed by atoms with van der Waals surface area (Å²) in [5.41, 5.74) is 14.0. The molecule has 68 heavy (non-hydrogen) atoms. The number of hydrogen-bond acceptors (Lipinski definition) is 9. The van der Waals surface area contributed by atoms with Gasteiger partial charge in [0.1, 0.15) is 0 Å². The number of hydrogen-bond donors (Lipinski definition) is 0. The topological polar surface area (TPSA) is 177 Å². The molecule has 3 aromatic heterocycles. The Balaban J connectivity index is 0.000000281. The van der Waals surface area contributed by atoms with E-state index in [1.54, 1.807) is 72.8 Å². The van der Waals surface area contributed by atoms with Gasteiger partial charge in [-0.25, -0.2) is 0 Å². The van der Waals surface area contributed by atoms with E-state index in [1.807, 2.05) is 138 Å². The van der Waals surface area contributed by atoms with Crippen molar-refractivity contribution in [2.75, 3.05) is 0 Å². The van der Waals surface area contributed by atoms with Crippen LogP contribution in [0.15, 0.2) is 127 Å². The summed E-state index contributed by atoms with van der Waals surface area (Å²) in [6.45, 7) is 23.2. The minimum absolute atomic E-state index is 0. The number of pyridine rings is 3. The molecule has 0 aliphatic rings. The van der Waals surface area contributed by atoms with Crippen LogP contribution in [0.5, 0.6) is 34.5 Å². The number of nitrogens with zero attached hydrogens (tertiary/aromatic N) is 3. The largest absolute Gasteiger partial charge is 3.00 e. The summed E-state index contributed by atoms with van der Waals surface area (Å²) in [5, 5.41) is 69.3. The summed E-state index contributed by atoms with van der Waals surface area (Å²) in [5.74, 6) is 0.324. The quantitative estimate of drug-likeness (QED) is 0.134. The van der Waals surface area contributed by atoms with Crippen LogP contribution in [0.4, 0.5) is 0 Å². The second-order valence-electron chi connectivity index (χ2n) is 16.7. The summed E-state index contributed by atoms with van der Waals surface area (Å²) in [6.07, 6.45) is 0. The zero-order chi connectivity index (χ0) is 48.8. The van der Waals surface area contributed by atoms with Crippen LogP contribution in [0.1, 0.15) is 67.2 Å². The molecule has 0 amide bonds. The Morgan fingerprint density at radius 1 is 0.279 bits per heavy atom. The maximum absolute atomic E-state index is 11.4. The Hall–Kier alpha value is -6.59. The van der Waals surface area contributed by atoms with E-state index in [9.17, 15) is 30.6 Å². The van der Waals surface area contributed by atoms with Crippen LogP contribution in [0, 0.1) is 83.1 Å². The van der Waals surface area contributed by atoms with E-state index in [0.717, 1.165) is 83.3 Å². The summed E-state index contributed by atoms with van der Waals surface area (Å²) >= 11 is 0. The van der Waals surface area contributed by atoms with Gasteiger partial charge in [0.2, 0.25) is 0 Å². The van der Waals surface area contributed by atoms with Crippen molar-refractivity contribution < 1.29 is 30.6 Å². The first kappa shape index (κ1) is 57.5. The summed E-state index contributed by atoms with van der Waals surface area (Å²) in [4.78, 5) is 12.7. The zero-order valence-electron chi connectivity index (χ0n) is 41.1. The van der Waals surface area contributed by atoms with Crippen LogP contribution in [0.2, 0.25) is 0 Å². The van der Waals surface area contributed by atoms with E-state index in [-0.39, 0.29) is 69.2 Å². The molecule has 9 nitrogen and oxygen atoms in total. The molecular formula is C57H57Al2N3O6. The third-order valence-corrected chi connectivity index (χ3v) is 10.00. The molecule has 3 heterocycles. The molecule has 0 unspecified atom stereocenters. The molecule has 0 saturated carbocycles. The Labute approximate surface area is 422 Å². The molecule has 342 valence electrons. The standard InChI is InChI=1S/3C11H11NO.3C8H10O.2Al/c3*1-7-6-8(2)12-11-9(7)4-3-5-10(11)13;3*1-6-3-7(2)5-8(9)4-6;;/h3*3-6,13H,1-2H3;3*3-5,9H,1-2H3;;/q;;;;;;2*+3/p-6. The molecule has 0 aliphatic carbocycles. The number of aromatic nitrogens is 3. The number of para-hydroxylation sites is 3. The predicted molar refractivity (Wildman–Crippen MR) is 270 cm³/mol. The van der Waals surface area contributed by atoms with Gasteiger partial charge in [0.25, 0.3) is 0 Å². The van der Waals surface area contributed by atoms with Crippen molar-refractivity contribution >= 4 is 67.4 Å². The van der Waals surface area contributed by atoms with Crippen molar-refractivity contribution in [1.29, 1.82) is 0 Å². The number of fused-ring (bicyclic) bond motifs is 3. The first-order valence-corrected chi connectivity index (χ1v) is 21.5. The normalized spacial score (nSPS) is 9.88. The van der Waals surface area contributed by atoms with Crippen molar-refractivity contribution in [3.05, 3.63) is 195 Å². The van der Waals surface area contributed by atoms with Crippen LogP contribution >= 0.6 is 0 Å². The van der Waals surface area contributed by atoms with Crippen molar-refractivity contribution in [2.45, 2.75) is 83.1 Å². The summed E-state index contributed by atoms with van der Waals surface area (Å²) < 4.78 is 0. The van der Waals surface area contributed by atoms with Gasteiger partial charge in [-0.05, 0) is 118 Å². The Morgan fingerprint density at radius 2 is 0.485 bits per heavy atom. The smallest absolute Gasteiger partial charge is 0.872 e. The number of rotatable bonds is 0. The molecule has 0 radical (unpaired) electrons. The number of benzene rings is 6. The Bertz CT molecular complexity index is 2620. The van der Waals surface area contributed by atoms with Crippen molar-refractivity contribution in [3.8, 4) is 34.5 Å². The average Bonchev–Trinajstić information content (AvgIpc) is 3.19. The predicted octanol–water partition coefficient (Wildman–Crippen LogP) is 9.15. The molecule has 0 bridgehead atoms. The van der Waals surface area contributed by atoms with Gasteiger partial charge in [0, 0.05) is 33.2 Å². The van der Waals surface area contributed by atoms with Gasteiger partial charge in [0.05, 0.1) is 16.6 Å². The first-order valence-electron chi connectivity index (χ1n) is 21.5. The van der Waals surface area contributed by atoms with Crippen molar-refractivity contribution in [2.24, 2.45) is 0 Å². The maximum Gasteiger partial charge on any atom is 3.00 e. The SMILES string of the molecule is Cc1cc(C)c2cccc([O-])c2n1.Cc1cc(C)c2cccc([O-])c2n1.Cc1cc(C)c2cccc([O-])c2n1.Cc1cc(C)cc([O-])c1.Cc1cc(C)cc([O-])c1.Cc1cc(C)cc([O-])c1.[Al+3].[Al+3]. The van der Waals surface area contributed by atoms with Crippen LogP contribution in [-0.4, -0.2) is 49.7 Å². The van der Waals surface area contributed by atoms with Gasteiger partial charge in [-0.3, -0.25) is 15.0 Å². The molecule has 0 spiro atoms. The van der Waals surface area contributed by atoms with Crippen LogP contribution in [-0.2, 0) is 0 Å². The van der Waals surface area contributed by atoms with Gasteiger partial charge >= 0.3 is 34.7 Å². The molecular weight excluding hydrogens is 877 g/mol. The van der Waals surface area contributed by atoms with Gasteiger partial charge in [-0.15, -0.1) is 17.2 Å². The molecule has 0 N–H and O–H groups in total. The van der Waals surface area contributed by atoms with Gasteiger partial charge in [-0.1, -0.05) is 160 Å². The third-order valence-electron chi connectivity index (χ3n) is 10.00. The van der Waals surface area contributed by atoms with Crippen molar-refractivity contribution in [1.82, 2.24) is 15.0 Å². The van der Waals surface area contributed by atoms with E-state index >= 15 is 0 Å². The van der Waals surface area contributed by atoms with Crippen LogP contribution in [0.3, 0.4) is 0 Å². The van der Waals surface area contributed by atoms with E-state index in [1.165, 1.54) is 0 Å². The third kappa shape index (κ3) is 17.6. The molecule has 0 aliphatic heterocycles. The minimum Gasteiger partial charge on any atom is -0.872 e. The van der Waals surface area contributed by atoms with E-state index in [2.05, 4.69) is 15.0 Å². The fourth-order valence-corrected chi connectivity index (χ4v) is 7.47. The summed E-state index contributed by atoms with van der Waals surface area (Å²) in [7, 11) is 0. The second kappa shape index (κ2) is 26.7. The van der Waals surface area contributed by atoms with Crippen LogP contribution in [0.25, 0.3) is 32.7 Å². The second-order valence-corrected chi connectivity index (χ2v) is 16.7. The fourth-order valence-electron chi connectivity index (χ4n) is 7.47. The summed E-state index contributed by atoms with van der Waals surface area (Å²) in [6, 6.07) is 37.5. The Morgan fingerprint density at radius 3 is 0.676 bits per heavy atom. The molecule has 9 aromatic rings. The monoisotopic (exact) mass is 933 g/mol. The van der Waals surface area contributed by atoms with Crippen molar-refractivity contribution in [3.63, 3.8) is 0 Å². The molecule has 0 fully saturated rings. The average molecular weight is 934 g/mol. The molecule has 9 rings (SSSR count). The van der Waals surface area contributed by atoms with E-state index < -0.39 is 0 Å². The van der Waals surface area contributed by atoms with Gasteiger partial charge in [0.15, 0.2) is 0 Å². The zero-order valence-corrected chi connectivity index (χ0v) is 43.4. The van der Waals surface area contributed by atoms with Gasteiger partial charge in [-0.2, -0.15) is 0 Å². The number of aryl methyl sites for hydroxylation is 12. The molecule has 0 saturated heterocycles. The Kier molecular flexibility index (Phi) is 22.6. The molecule has 6 aromatic carbocycles.